The number of benzene rings is 1. The fraction of sp³-hybridized carbons (Fsp3) is 0.538. The summed E-state index contributed by atoms with van der Waals surface area (Å²) in [6.07, 6.45) is 4.19. The highest BCUT2D eigenvalue weighted by atomic mass is 28.4. The van der Waals surface area contributed by atoms with Crippen molar-refractivity contribution in [1.29, 1.82) is 0 Å². The summed E-state index contributed by atoms with van der Waals surface area (Å²) >= 11 is 0. The molecule has 1 aliphatic rings. The predicted octanol–water partition coefficient (Wildman–Crippen LogP) is 3.96. The van der Waals surface area contributed by atoms with Gasteiger partial charge in [0.1, 0.15) is 0 Å². The van der Waals surface area contributed by atoms with Crippen LogP contribution in [0.25, 0.3) is 0 Å². The average Bonchev–Trinajstić information content (AvgIpc) is 2.29. The molecule has 1 fully saturated rings. The van der Waals surface area contributed by atoms with Crippen molar-refractivity contribution in [2.75, 3.05) is 0 Å². The first-order valence-corrected chi connectivity index (χ1v) is 8.79. The second-order valence-electron chi connectivity index (χ2n) is 4.78. The molecule has 0 aliphatic carbocycles. The average molecular weight is 220 g/mol. The van der Waals surface area contributed by atoms with Gasteiger partial charge < -0.3 is 4.43 Å². The summed E-state index contributed by atoms with van der Waals surface area (Å²) in [5, 5.41) is 0. The quantitative estimate of drug-likeness (QED) is 0.701. The van der Waals surface area contributed by atoms with Gasteiger partial charge in [-0.25, -0.2) is 0 Å². The lowest BCUT2D eigenvalue weighted by molar-refractivity contribution is 0.283. The summed E-state index contributed by atoms with van der Waals surface area (Å²) in [6, 6.07) is 13.3. The third-order valence-electron chi connectivity index (χ3n) is 3.34. The zero-order chi connectivity index (χ0) is 10.6. The highest BCUT2D eigenvalue weighted by Gasteiger charge is 2.30. The molecule has 1 nitrogen and oxygen atoms in total. The van der Waals surface area contributed by atoms with E-state index in [0.29, 0.717) is 0 Å². The minimum atomic E-state index is -1.32. The minimum Gasteiger partial charge on any atom is -0.413 e. The van der Waals surface area contributed by atoms with Crippen molar-refractivity contribution >= 4 is 8.32 Å². The molecule has 0 spiro atoms. The SMILES string of the molecule is C[Si]1(OCc2ccccc2)CCCCC1. The van der Waals surface area contributed by atoms with Crippen molar-refractivity contribution in [2.24, 2.45) is 0 Å². The highest BCUT2D eigenvalue weighted by molar-refractivity contribution is 6.72. The van der Waals surface area contributed by atoms with Crippen LogP contribution >= 0.6 is 0 Å². The summed E-state index contributed by atoms with van der Waals surface area (Å²) < 4.78 is 6.20. The zero-order valence-electron chi connectivity index (χ0n) is 9.54. The Morgan fingerprint density at radius 2 is 1.73 bits per heavy atom. The van der Waals surface area contributed by atoms with E-state index in [9.17, 15) is 0 Å². The maximum atomic E-state index is 6.20. The van der Waals surface area contributed by atoms with Crippen molar-refractivity contribution < 1.29 is 4.43 Å². The zero-order valence-corrected chi connectivity index (χ0v) is 10.5. The van der Waals surface area contributed by atoms with Crippen molar-refractivity contribution in [3.05, 3.63) is 35.9 Å². The molecule has 1 aromatic rings. The molecule has 1 heterocycles. The van der Waals surface area contributed by atoms with Gasteiger partial charge in [0.25, 0.3) is 0 Å². The lowest BCUT2D eigenvalue weighted by Gasteiger charge is -2.31. The smallest absolute Gasteiger partial charge is 0.190 e. The maximum absolute atomic E-state index is 6.20. The summed E-state index contributed by atoms with van der Waals surface area (Å²) in [4.78, 5) is 0. The van der Waals surface area contributed by atoms with E-state index in [1.165, 1.54) is 36.9 Å². The van der Waals surface area contributed by atoms with E-state index >= 15 is 0 Å². The van der Waals surface area contributed by atoms with Crippen molar-refractivity contribution in [3.8, 4) is 0 Å². The molecular formula is C13H20OSi. The normalized spacial score (nSPS) is 20.1. The van der Waals surface area contributed by atoms with Gasteiger partial charge in [-0.1, -0.05) is 49.6 Å². The number of hydrogen-bond donors (Lipinski definition) is 0. The van der Waals surface area contributed by atoms with Gasteiger partial charge in [-0.2, -0.15) is 0 Å². The van der Waals surface area contributed by atoms with Crippen molar-refractivity contribution in [1.82, 2.24) is 0 Å². The second-order valence-corrected chi connectivity index (χ2v) is 8.97. The van der Waals surface area contributed by atoms with Crippen LogP contribution in [0.15, 0.2) is 30.3 Å². The molecule has 0 unspecified atom stereocenters. The van der Waals surface area contributed by atoms with Gasteiger partial charge in [0, 0.05) is 0 Å². The molecule has 0 aromatic heterocycles. The summed E-state index contributed by atoms with van der Waals surface area (Å²) in [6.45, 7) is 3.22. The molecule has 1 saturated heterocycles. The summed E-state index contributed by atoms with van der Waals surface area (Å²) in [5.74, 6) is 0. The minimum absolute atomic E-state index is 0.823. The van der Waals surface area contributed by atoms with Crippen LogP contribution in [0.5, 0.6) is 0 Å². The molecule has 0 saturated carbocycles. The molecule has 2 rings (SSSR count). The first kappa shape index (κ1) is 10.9. The third-order valence-corrected chi connectivity index (χ3v) is 7.01. The Morgan fingerprint density at radius 3 is 2.40 bits per heavy atom. The predicted molar refractivity (Wildman–Crippen MR) is 66.3 cm³/mol. The van der Waals surface area contributed by atoms with Crippen LogP contribution in [0, 0.1) is 0 Å². The van der Waals surface area contributed by atoms with E-state index in [0.717, 1.165) is 6.61 Å². The van der Waals surface area contributed by atoms with Crippen molar-refractivity contribution in [2.45, 2.75) is 44.5 Å². The van der Waals surface area contributed by atoms with Gasteiger partial charge in [-0.3, -0.25) is 0 Å². The molecule has 15 heavy (non-hydrogen) atoms. The number of hydrogen-bond acceptors (Lipinski definition) is 1. The van der Waals surface area contributed by atoms with E-state index in [1.54, 1.807) is 0 Å². The Labute approximate surface area is 93.6 Å². The molecule has 1 aliphatic heterocycles. The van der Waals surface area contributed by atoms with Crippen LogP contribution in [0.2, 0.25) is 18.6 Å². The molecule has 0 atom stereocenters. The maximum Gasteiger partial charge on any atom is 0.190 e. The highest BCUT2D eigenvalue weighted by Crippen LogP contribution is 2.29. The summed E-state index contributed by atoms with van der Waals surface area (Å²) in [5.41, 5.74) is 1.32. The molecule has 82 valence electrons. The van der Waals surface area contributed by atoms with Crippen LogP contribution in [-0.2, 0) is 11.0 Å². The van der Waals surface area contributed by atoms with Crippen LogP contribution < -0.4 is 0 Å². The molecule has 0 amide bonds. The fourth-order valence-corrected chi connectivity index (χ4v) is 5.33. The topological polar surface area (TPSA) is 9.23 Å². The van der Waals surface area contributed by atoms with Gasteiger partial charge in [0.15, 0.2) is 8.32 Å². The lowest BCUT2D eigenvalue weighted by atomic mass is 10.2. The Kier molecular flexibility index (Phi) is 3.60. The van der Waals surface area contributed by atoms with Gasteiger partial charge in [0.05, 0.1) is 6.61 Å². The largest absolute Gasteiger partial charge is 0.413 e. The van der Waals surface area contributed by atoms with Gasteiger partial charge in [-0.05, 0) is 24.2 Å². The molecule has 0 radical (unpaired) electrons. The lowest BCUT2D eigenvalue weighted by Crippen LogP contribution is -2.36. The Hall–Kier alpha value is -0.603. The van der Waals surface area contributed by atoms with E-state index in [-0.39, 0.29) is 0 Å². The van der Waals surface area contributed by atoms with Crippen molar-refractivity contribution in [3.63, 3.8) is 0 Å². The summed E-state index contributed by atoms with van der Waals surface area (Å²) in [7, 11) is -1.32. The first-order chi connectivity index (χ1) is 7.29. The molecule has 0 N–H and O–H groups in total. The Balaban J connectivity index is 1.87. The van der Waals surface area contributed by atoms with E-state index in [1.807, 2.05) is 0 Å². The second kappa shape index (κ2) is 4.95. The third kappa shape index (κ3) is 3.18. The molecular weight excluding hydrogens is 200 g/mol. The molecule has 2 heteroatoms. The van der Waals surface area contributed by atoms with Gasteiger partial charge >= 0.3 is 0 Å². The number of rotatable bonds is 3. The Morgan fingerprint density at radius 1 is 1.07 bits per heavy atom. The molecule has 0 bridgehead atoms. The van der Waals surface area contributed by atoms with Crippen LogP contribution in [-0.4, -0.2) is 8.32 Å². The first-order valence-electron chi connectivity index (χ1n) is 5.96. The molecule has 1 aromatic carbocycles. The van der Waals surface area contributed by atoms with Gasteiger partial charge in [0.2, 0.25) is 0 Å². The van der Waals surface area contributed by atoms with Crippen LogP contribution in [0.4, 0.5) is 0 Å². The Bertz CT molecular complexity index is 291. The van der Waals surface area contributed by atoms with Crippen LogP contribution in [0.3, 0.4) is 0 Å². The standard InChI is InChI=1S/C13H20OSi/c1-15(10-6-3-7-11-15)14-12-13-8-4-2-5-9-13/h2,4-5,8-9H,3,6-7,10-12H2,1H3. The van der Waals surface area contributed by atoms with E-state index < -0.39 is 8.32 Å². The van der Waals surface area contributed by atoms with Crippen LogP contribution in [0.1, 0.15) is 24.8 Å². The van der Waals surface area contributed by atoms with E-state index in [2.05, 4.69) is 36.9 Å². The monoisotopic (exact) mass is 220 g/mol. The van der Waals surface area contributed by atoms with Gasteiger partial charge in [-0.15, -0.1) is 0 Å². The van der Waals surface area contributed by atoms with E-state index in [4.69, 9.17) is 4.43 Å². The fourth-order valence-electron chi connectivity index (χ4n) is 2.28.